The second kappa shape index (κ2) is 6.95. The van der Waals surface area contributed by atoms with E-state index < -0.39 is 0 Å². The molecule has 2 aromatic carbocycles. The Hall–Kier alpha value is -1.80. The fourth-order valence-corrected chi connectivity index (χ4v) is 2.11. The van der Waals surface area contributed by atoms with Crippen LogP contribution in [0.15, 0.2) is 54.6 Å². The number of ether oxygens (including phenoxy) is 1. The van der Waals surface area contributed by atoms with Crippen molar-refractivity contribution in [3.63, 3.8) is 0 Å². The lowest BCUT2D eigenvalue weighted by molar-refractivity contribution is 0.481. The molecule has 0 bridgehead atoms. The highest BCUT2D eigenvalue weighted by Crippen LogP contribution is 2.22. The van der Waals surface area contributed by atoms with E-state index in [-0.39, 0.29) is 0 Å². The summed E-state index contributed by atoms with van der Waals surface area (Å²) in [6.07, 6.45) is 2.14. The highest BCUT2D eigenvalue weighted by molar-refractivity contribution is 5.33. The predicted octanol–water partition coefficient (Wildman–Crippen LogP) is 4.01. The van der Waals surface area contributed by atoms with Gasteiger partial charge >= 0.3 is 0 Å². The van der Waals surface area contributed by atoms with Gasteiger partial charge in [-0.05, 0) is 55.1 Å². The topological polar surface area (TPSA) is 35.2 Å². The van der Waals surface area contributed by atoms with Crippen LogP contribution in [0.25, 0.3) is 0 Å². The van der Waals surface area contributed by atoms with Crippen molar-refractivity contribution in [2.75, 3.05) is 6.54 Å². The number of para-hydroxylation sites is 1. The molecule has 2 heteroatoms. The summed E-state index contributed by atoms with van der Waals surface area (Å²) in [6.45, 7) is 3.00. The second-order valence-electron chi connectivity index (χ2n) is 4.95. The maximum absolute atomic E-state index is 5.77. The highest BCUT2D eigenvalue weighted by Gasteiger charge is 2.03. The van der Waals surface area contributed by atoms with Gasteiger partial charge in [0.05, 0.1) is 0 Å². The van der Waals surface area contributed by atoms with E-state index in [2.05, 4.69) is 19.1 Å². The minimum atomic E-state index is 0.630. The molecule has 0 radical (unpaired) electrons. The summed E-state index contributed by atoms with van der Waals surface area (Å²) < 4.78 is 5.77. The number of benzene rings is 2. The van der Waals surface area contributed by atoms with Crippen molar-refractivity contribution < 1.29 is 4.74 Å². The molecule has 100 valence electrons. The number of rotatable bonds is 6. The highest BCUT2D eigenvalue weighted by atomic mass is 16.5. The van der Waals surface area contributed by atoms with Gasteiger partial charge in [-0.15, -0.1) is 0 Å². The molecule has 1 unspecified atom stereocenters. The van der Waals surface area contributed by atoms with Crippen molar-refractivity contribution >= 4 is 0 Å². The fraction of sp³-hybridized carbons (Fsp3) is 0.294. The zero-order chi connectivity index (χ0) is 13.5. The Bertz CT molecular complexity index is 478. The zero-order valence-electron chi connectivity index (χ0n) is 11.4. The molecule has 0 aliphatic carbocycles. The van der Waals surface area contributed by atoms with Crippen LogP contribution in [0.2, 0.25) is 0 Å². The summed E-state index contributed by atoms with van der Waals surface area (Å²) in [7, 11) is 0. The Morgan fingerprint density at radius 3 is 2.21 bits per heavy atom. The van der Waals surface area contributed by atoms with Gasteiger partial charge in [0, 0.05) is 0 Å². The molecule has 0 saturated heterocycles. The van der Waals surface area contributed by atoms with Crippen molar-refractivity contribution in [3.05, 3.63) is 60.2 Å². The van der Waals surface area contributed by atoms with Gasteiger partial charge in [0.1, 0.15) is 11.5 Å². The van der Waals surface area contributed by atoms with Gasteiger partial charge in [-0.25, -0.2) is 0 Å². The molecule has 2 aromatic rings. The number of hydrogen-bond donors (Lipinski definition) is 1. The van der Waals surface area contributed by atoms with E-state index in [1.54, 1.807) is 0 Å². The van der Waals surface area contributed by atoms with Crippen LogP contribution in [0.1, 0.15) is 18.9 Å². The predicted molar refractivity (Wildman–Crippen MR) is 79.5 cm³/mol. The third-order valence-electron chi connectivity index (χ3n) is 3.15. The lowest BCUT2D eigenvalue weighted by atomic mass is 9.98. The number of nitrogens with two attached hydrogens (primary N) is 1. The van der Waals surface area contributed by atoms with Gasteiger partial charge in [0.15, 0.2) is 0 Å². The molecular formula is C17H21NO. The van der Waals surface area contributed by atoms with Crippen LogP contribution in [0.4, 0.5) is 0 Å². The molecule has 1 atom stereocenters. The average Bonchev–Trinajstić information content (AvgIpc) is 2.42. The first kappa shape index (κ1) is 13.6. The quantitative estimate of drug-likeness (QED) is 0.846. The molecule has 2 rings (SSSR count). The third kappa shape index (κ3) is 4.42. The molecule has 0 aliphatic heterocycles. The summed E-state index contributed by atoms with van der Waals surface area (Å²) in [5.41, 5.74) is 6.91. The van der Waals surface area contributed by atoms with E-state index in [4.69, 9.17) is 10.5 Å². The normalized spacial score (nSPS) is 12.1. The van der Waals surface area contributed by atoms with Gasteiger partial charge in [0.2, 0.25) is 0 Å². The van der Waals surface area contributed by atoms with Crippen molar-refractivity contribution in [1.82, 2.24) is 0 Å². The monoisotopic (exact) mass is 255 g/mol. The third-order valence-corrected chi connectivity index (χ3v) is 3.15. The molecule has 0 heterocycles. The van der Waals surface area contributed by atoms with Crippen LogP contribution in [0, 0.1) is 5.92 Å². The van der Waals surface area contributed by atoms with E-state index in [1.807, 2.05) is 42.5 Å². The van der Waals surface area contributed by atoms with Crippen LogP contribution < -0.4 is 10.5 Å². The minimum Gasteiger partial charge on any atom is -0.457 e. The van der Waals surface area contributed by atoms with Gasteiger partial charge in [-0.2, -0.15) is 0 Å². The molecule has 0 fully saturated rings. The maximum Gasteiger partial charge on any atom is 0.127 e. The smallest absolute Gasteiger partial charge is 0.127 e. The molecule has 0 aliphatic rings. The van der Waals surface area contributed by atoms with Crippen LogP contribution >= 0.6 is 0 Å². The molecule has 19 heavy (non-hydrogen) atoms. The first-order valence-corrected chi connectivity index (χ1v) is 6.80. The zero-order valence-corrected chi connectivity index (χ0v) is 11.4. The molecule has 0 amide bonds. The van der Waals surface area contributed by atoms with Gasteiger partial charge in [-0.3, -0.25) is 0 Å². The van der Waals surface area contributed by atoms with E-state index >= 15 is 0 Å². The standard InChI is InChI=1S/C17H21NO/c1-14(11-12-18)13-15-7-9-17(10-8-15)19-16-5-3-2-4-6-16/h2-10,14H,11-13,18H2,1H3. The van der Waals surface area contributed by atoms with Crippen molar-refractivity contribution in [1.29, 1.82) is 0 Å². The Morgan fingerprint density at radius 2 is 1.58 bits per heavy atom. The Balaban J connectivity index is 1.95. The van der Waals surface area contributed by atoms with Crippen molar-refractivity contribution in [3.8, 4) is 11.5 Å². The first-order chi connectivity index (χ1) is 9.28. The summed E-state index contributed by atoms with van der Waals surface area (Å²) in [4.78, 5) is 0. The number of hydrogen-bond acceptors (Lipinski definition) is 2. The molecule has 2 N–H and O–H groups in total. The lowest BCUT2D eigenvalue weighted by Gasteiger charge is -2.11. The molecule has 0 spiro atoms. The summed E-state index contributed by atoms with van der Waals surface area (Å²) in [5.74, 6) is 2.37. The van der Waals surface area contributed by atoms with Crippen LogP contribution in [-0.2, 0) is 6.42 Å². The first-order valence-electron chi connectivity index (χ1n) is 6.80. The largest absolute Gasteiger partial charge is 0.457 e. The SMILES string of the molecule is CC(CCN)Cc1ccc(Oc2ccccc2)cc1. The van der Waals surface area contributed by atoms with Gasteiger partial charge in [-0.1, -0.05) is 37.3 Å². The maximum atomic E-state index is 5.77. The van der Waals surface area contributed by atoms with E-state index in [1.165, 1.54) is 5.56 Å². The molecular weight excluding hydrogens is 234 g/mol. The summed E-state index contributed by atoms with van der Waals surface area (Å²) in [5, 5.41) is 0. The van der Waals surface area contributed by atoms with Gasteiger partial charge < -0.3 is 10.5 Å². The average molecular weight is 255 g/mol. The van der Waals surface area contributed by atoms with Crippen LogP contribution in [0.5, 0.6) is 11.5 Å². The Kier molecular flexibility index (Phi) is 4.99. The van der Waals surface area contributed by atoms with E-state index in [0.29, 0.717) is 5.92 Å². The minimum absolute atomic E-state index is 0.630. The van der Waals surface area contributed by atoms with Crippen molar-refractivity contribution in [2.45, 2.75) is 19.8 Å². The molecule has 0 saturated carbocycles. The lowest BCUT2D eigenvalue weighted by Crippen LogP contribution is -2.07. The summed E-state index contributed by atoms with van der Waals surface area (Å²) in [6, 6.07) is 18.1. The fourth-order valence-electron chi connectivity index (χ4n) is 2.11. The second-order valence-corrected chi connectivity index (χ2v) is 4.95. The molecule has 0 aromatic heterocycles. The van der Waals surface area contributed by atoms with Crippen molar-refractivity contribution in [2.24, 2.45) is 11.7 Å². The Labute approximate surface area is 115 Å². The van der Waals surface area contributed by atoms with Crippen LogP contribution in [-0.4, -0.2) is 6.54 Å². The van der Waals surface area contributed by atoms with Crippen LogP contribution in [0.3, 0.4) is 0 Å². The van der Waals surface area contributed by atoms with E-state index in [0.717, 1.165) is 30.9 Å². The van der Waals surface area contributed by atoms with E-state index in [9.17, 15) is 0 Å². The summed E-state index contributed by atoms with van der Waals surface area (Å²) >= 11 is 0. The Morgan fingerprint density at radius 1 is 0.947 bits per heavy atom. The van der Waals surface area contributed by atoms with Gasteiger partial charge in [0.25, 0.3) is 0 Å². The molecule has 2 nitrogen and oxygen atoms in total.